The largest absolute Gasteiger partial charge is 0.497 e. The maximum absolute atomic E-state index is 13.8. The van der Waals surface area contributed by atoms with E-state index in [2.05, 4.69) is 5.32 Å². The van der Waals surface area contributed by atoms with Crippen LogP contribution in [-0.2, 0) is 9.59 Å². The number of anilines is 2. The Hall–Kier alpha value is -4.40. The highest BCUT2D eigenvalue weighted by Crippen LogP contribution is 2.43. The van der Waals surface area contributed by atoms with Crippen molar-refractivity contribution < 1.29 is 33.3 Å². The number of nitrogens with one attached hydrogen (secondary N) is 1. The van der Waals surface area contributed by atoms with Crippen LogP contribution in [0.2, 0.25) is 0 Å². The fourth-order valence-electron chi connectivity index (χ4n) is 4.78. The third-order valence-electron chi connectivity index (χ3n) is 6.67. The van der Waals surface area contributed by atoms with Crippen LogP contribution in [-0.4, -0.2) is 47.4 Å². The van der Waals surface area contributed by atoms with Crippen LogP contribution in [0.5, 0.6) is 28.7 Å². The first-order valence-electron chi connectivity index (χ1n) is 12.1. The number of methoxy groups -OCH3 is 5. The topological polar surface area (TPSA) is 95.6 Å². The number of nitrogens with zero attached hydrogens (tertiary/aromatic N) is 1. The normalized spacial score (nSPS) is 17.0. The molecule has 200 valence electrons. The van der Waals surface area contributed by atoms with Crippen molar-refractivity contribution in [3.05, 3.63) is 66.2 Å². The molecule has 3 aromatic rings. The second-order valence-electron chi connectivity index (χ2n) is 8.73. The molecule has 0 saturated carbocycles. The minimum atomic E-state index is -0.544. The van der Waals surface area contributed by atoms with Crippen LogP contribution in [0.25, 0.3) is 0 Å². The summed E-state index contributed by atoms with van der Waals surface area (Å²) in [6, 6.07) is 17.5. The Morgan fingerprint density at radius 1 is 0.789 bits per heavy atom. The summed E-state index contributed by atoms with van der Waals surface area (Å²) in [6.45, 7) is 0. The number of rotatable bonds is 9. The third kappa shape index (κ3) is 5.32. The summed E-state index contributed by atoms with van der Waals surface area (Å²) in [6.07, 6.45) is 0.616. The molecule has 4 rings (SSSR count). The lowest BCUT2D eigenvalue weighted by Crippen LogP contribution is -2.46. The smallest absolute Gasteiger partial charge is 0.229 e. The Labute approximate surface area is 222 Å². The van der Waals surface area contributed by atoms with Crippen molar-refractivity contribution in [1.29, 1.82) is 0 Å². The molecule has 0 aromatic heterocycles. The van der Waals surface area contributed by atoms with E-state index in [1.54, 1.807) is 43.4 Å². The molecule has 9 heteroatoms. The molecule has 0 radical (unpaired) electrons. The van der Waals surface area contributed by atoms with Crippen molar-refractivity contribution in [1.82, 2.24) is 0 Å². The van der Waals surface area contributed by atoms with Gasteiger partial charge >= 0.3 is 0 Å². The highest BCUT2D eigenvalue weighted by Gasteiger charge is 2.41. The summed E-state index contributed by atoms with van der Waals surface area (Å²) >= 11 is 0. The van der Waals surface area contributed by atoms with Crippen LogP contribution in [0.4, 0.5) is 11.4 Å². The molecule has 0 unspecified atom stereocenters. The molecule has 0 spiro atoms. The number of amides is 2. The highest BCUT2D eigenvalue weighted by atomic mass is 16.5. The van der Waals surface area contributed by atoms with E-state index < -0.39 is 12.0 Å². The van der Waals surface area contributed by atoms with E-state index >= 15 is 0 Å². The van der Waals surface area contributed by atoms with E-state index in [-0.39, 0.29) is 18.2 Å². The van der Waals surface area contributed by atoms with E-state index in [1.807, 2.05) is 36.4 Å². The van der Waals surface area contributed by atoms with Gasteiger partial charge in [-0.15, -0.1) is 0 Å². The summed E-state index contributed by atoms with van der Waals surface area (Å²) in [4.78, 5) is 28.8. The fourth-order valence-corrected chi connectivity index (χ4v) is 4.78. The molecule has 1 N–H and O–H groups in total. The zero-order chi connectivity index (χ0) is 27.2. The lowest BCUT2D eigenvalue weighted by molar-refractivity contribution is -0.125. The van der Waals surface area contributed by atoms with Crippen LogP contribution in [0.1, 0.15) is 24.4 Å². The Morgan fingerprint density at radius 3 is 1.84 bits per heavy atom. The van der Waals surface area contributed by atoms with Gasteiger partial charge in [0.05, 0.1) is 47.5 Å². The Kier molecular flexibility index (Phi) is 8.25. The molecule has 1 aliphatic rings. The highest BCUT2D eigenvalue weighted by molar-refractivity contribution is 6.00. The van der Waals surface area contributed by atoms with Crippen molar-refractivity contribution in [3.8, 4) is 28.7 Å². The Bertz CT molecular complexity index is 1250. The predicted molar refractivity (Wildman–Crippen MR) is 144 cm³/mol. The number of carbonyl (C=O) groups excluding carboxylic acids is 2. The third-order valence-corrected chi connectivity index (χ3v) is 6.67. The van der Waals surface area contributed by atoms with Gasteiger partial charge in [-0.25, -0.2) is 0 Å². The first kappa shape index (κ1) is 26.7. The van der Waals surface area contributed by atoms with Crippen molar-refractivity contribution in [3.63, 3.8) is 0 Å². The summed E-state index contributed by atoms with van der Waals surface area (Å²) < 4.78 is 26.9. The molecular weight excluding hydrogens is 488 g/mol. The molecule has 0 aliphatic carbocycles. The molecule has 3 aromatic carbocycles. The van der Waals surface area contributed by atoms with Gasteiger partial charge in [-0.05, 0) is 48.4 Å². The quantitative estimate of drug-likeness (QED) is 0.431. The maximum atomic E-state index is 13.8. The molecule has 2 amide bonds. The van der Waals surface area contributed by atoms with Gasteiger partial charge in [0.15, 0.2) is 11.5 Å². The van der Waals surface area contributed by atoms with E-state index in [4.69, 9.17) is 23.7 Å². The van der Waals surface area contributed by atoms with Crippen LogP contribution < -0.4 is 33.9 Å². The fraction of sp³-hybridized carbons (Fsp3) is 0.310. The van der Waals surface area contributed by atoms with E-state index in [0.717, 1.165) is 5.56 Å². The van der Waals surface area contributed by atoms with Gasteiger partial charge in [0.1, 0.15) is 11.5 Å². The van der Waals surface area contributed by atoms with Gasteiger partial charge in [-0.3, -0.25) is 9.59 Å². The van der Waals surface area contributed by atoms with Crippen molar-refractivity contribution in [2.45, 2.75) is 18.9 Å². The van der Waals surface area contributed by atoms with E-state index in [9.17, 15) is 9.59 Å². The molecule has 9 nitrogen and oxygen atoms in total. The van der Waals surface area contributed by atoms with Gasteiger partial charge in [-0.2, -0.15) is 0 Å². The van der Waals surface area contributed by atoms with E-state index in [0.29, 0.717) is 46.5 Å². The maximum Gasteiger partial charge on any atom is 0.229 e. The number of carbonyl (C=O) groups is 2. The zero-order valence-electron chi connectivity index (χ0n) is 22.1. The minimum Gasteiger partial charge on any atom is -0.497 e. The summed E-state index contributed by atoms with van der Waals surface area (Å²) in [5.41, 5.74) is 1.99. The number of benzene rings is 3. The molecule has 1 heterocycles. The first-order valence-corrected chi connectivity index (χ1v) is 12.1. The monoisotopic (exact) mass is 520 g/mol. The van der Waals surface area contributed by atoms with Crippen molar-refractivity contribution in [2.24, 2.45) is 5.92 Å². The number of ether oxygens (including phenoxy) is 5. The van der Waals surface area contributed by atoms with Crippen LogP contribution in [0.15, 0.2) is 60.7 Å². The van der Waals surface area contributed by atoms with Crippen LogP contribution in [0.3, 0.4) is 0 Å². The molecule has 0 bridgehead atoms. The van der Waals surface area contributed by atoms with Gasteiger partial charge in [-0.1, -0.05) is 12.1 Å². The van der Waals surface area contributed by atoms with E-state index in [1.165, 1.54) is 21.3 Å². The Morgan fingerprint density at radius 2 is 1.34 bits per heavy atom. The standard InChI is InChI=1S/C29H32N2O7/c1-34-21-10-6-18(7-11-21)27-23(14-15-26(32)31(27)20-8-12-22(35-2)13-9-20)29(33)30-19-16-24(36-3)28(38-5)25(17-19)37-4/h6-13,16-17,23,27H,14-15H2,1-5H3,(H,30,33)/t23-,27-/m0/s1. The minimum absolute atomic E-state index is 0.0622. The van der Waals surface area contributed by atoms with Crippen LogP contribution >= 0.6 is 0 Å². The van der Waals surface area contributed by atoms with Gasteiger partial charge in [0, 0.05) is 29.9 Å². The molecule has 38 heavy (non-hydrogen) atoms. The average molecular weight is 521 g/mol. The molecule has 1 fully saturated rings. The van der Waals surface area contributed by atoms with Crippen molar-refractivity contribution >= 4 is 23.2 Å². The van der Waals surface area contributed by atoms with Crippen LogP contribution in [0, 0.1) is 5.92 Å². The summed E-state index contributed by atoms with van der Waals surface area (Å²) in [7, 11) is 7.73. The van der Waals surface area contributed by atoms with Gasteiger partial charge in [0.2, 0.25) is 17.6 Å². The second kappa shape index (κ2) is 11.8. The predicted octanol–water partition coefficient (Wildman–Crippen LogP) is 4.85. The molecular formula is C29H32N2O7. The summed E-state index contributed by atoms with van der Waals surface area (Å²) in [5, 5.41) is 3.00. The first-order chi connectivity index (χ1) is 18.4. The number of hydrogen-bond donors (Lipinski definition) is 1. The number of piperidine rings is 1. The molecule has 1 saturated heterocycles. The number of hydrogen-bond acceptors (Lipinski definition) is 7. The lowest BCUT2D eigenvalue weighted by atomic mass is 9.83. The second-order valence-corrected chi connectivity index (χ2v) is 8.73. The zero-order valence-corrected chi connectivity index (χ0v) is 22.1. The summed E-state index contributed by atoms with van der Waals surface area (Å²) in [5.74, 6) is 1.81. The van der Waals surface area contributed by atoms with Crippen molar-refractivity contribution in [2.75, 3.05) is 45.8 Å². The molecule has 2 atom stereocenters. The van der Waals surface area contributed by atoms with Gasteiger partial charge < -0.3 is 33.9 Å². The molecule has 1 aliphatic heterocycles. The Balaban J connectivity index is 1.73. The SMILES string of the molecule is COc1ccc([C@H]2[C@@H](C(=O)Nc3cc(OC)c(OC)c(OC)c3)CCC(=O)N2c2ccc(OC)cc2)cc1. The lowest BCUT2D eigenvalue weighted by Gasteiger charge is -2.41. The van der Waals surface area contributed by atoms with Gasteiger partial charge in [0.25, 0.3) is 0 Å². The average Bonchev–Trinajstić information content (AvgIpc) is 2.96.